The minimum Gasteiger partial charge on any atom is -0.490 e. The van der Waals surface area contributed by atoms with Crippen LogP contribution in [-0.2, 0) is 11.3 Å². The van der Waals surface area contributed by atoms with Gasteiger partial charge in [-0.2, -0.15) is 0 Å². The van der Waals surface area contributed by atoms with Crippen LogP contribution >= 0.6 is 11.6 Å². The maximum atomic E-state index is 12.0. The number of rotatable bonds is 10. The molecule has 1 rings (SSSR count). The molecule has 5 nitrogen and oxygen atoms in total. The Morgan fingerprint density at radius 3 is 2.56 bits per heavy atom. The van der Waals surface area contributed by atoms with E-state index in [1.54, 1.807) is 0 Å². The van der Waals surface area contributed by atoms with E-state index in [2.05, 4.69) is 17.6 Å². The molecule has 0 bridgehead atoms. The first-order chi connectivity index (χ1) is 11.8. The Kier molecular flexibility index (Phi) is 9.08. The highest BCUT2D eigenvalue weighted by Crippen LogP contribution is 2.36. The molecule has 0 heterocycles. The van der Waals surface area contributed by atoms with Crippen LogP contribution < -0.4 is 20.1 Å². The van der Waals surface area contributed by atoms with Crippen molar-refractivity contribution in [2.75, 3.05) is 19.8 Å². The van der Waals surface area contributed by atoms with Crippen molar-refractivity contribution in [3.63, 3.8) is 0 Å². The molecule has 25 heavy (non-hydrogen) atoms. The fraction of sp³-hybridized carbons (Fsp3) is 0.632. The number of nitrogens with two attached hydrogens (primary N) is 1. The maximum absolute atomic E-state index is 12.0. The van der Waals surface area contributed by atoms with Crippen LogP contribution in [0.4, 0.5) is 0 Å². The second kappa shape index (κ2) is 10.5. The van der Waals surface area contributed by atoms with Gasteiger partial charge in [-0.1, -0.05) is 24.9 Å². The molecule has 0 aliphatic rings. The molecule has 0 aliphatic carbocycles. The minimum atomic E-state index is -0.300. The molecular formula is C19H32ClN2O3+. The lowest BCUT2D eigenvalue weighted by molar-refractivity contribution is -0.670. The number of benzene rings is 1. The van der Waals surface area contributed by atoms with Crippen molar-refractivity contribution in [2.24, 2.45) is 0 Å². The number of ether oxygens (including phenoxy) is 2. The van der Waals surface area contributed by atoms with E-state index in [0.29, 0.717) is 23.1 Å². The Morgan fingerprint density at radius 2 is 1.96 bits per heavy atom. The standard InChI is InChI=1S/C19H31ClN2O3/c1-6-8-9-21-12-14-10-15(20)18(16(11-14)24-7-2)25-13-17(23)22-19(3,4)5/h10-11,21H,6-9,12-13H2,1-5H3,(H,22,23)/p+1. The third kappa shape index (κ3) is 8.45. The van der Waals surface area contributed by atoms with Crippen LogP contribution in [0.5, 0.6) is 11.5 Å². The molecule has 0 unspecified atom stereocenters. The smallest absolute Gasteiger partial charge is 0.258 e. The molecule has 1 amide bonds. The zero-order valence-electron chi connectivity index (χ0n) is 16.1. The summed E-state index contributed by atoms with van der Waals surface area (Å²) < 4.78 is 11.3. The average Bonchev–Trinajstić information content (AvgIpc) is 2.49. The minimum absolute atomic E-state index is 0.0982. The molecule has 0 spiro atoms. The highest BCUT2D eigenvalue weighted by Gasteiger charge is 2.17. The van der Waals surface area contributed by atoms with Crippen LogP contribution in [0.1, 0.15) is 53.0 Å². The predicted molar refractivity (Wildman–Crippen MR) is 101 cm³/mol. The molecule has 6 heteroatoms. The van der Waals surface area contributed by atoms with Crippen LogP contribution in [-0.4, -0.2) is 31.2 Å². The Hall–Kier alpha value is -1.46. The summed E-state index contributed by atoms with van der Waals surface area (Å²) in [7, 11) is 0. The molecule has 0 atom stereocenters. The lowest BCUT2D eigenvalue weighted by atomic mass is 10.1. The molecule has 0 saturated carbocycles. The van der Waals surface area contributed by atoms with Gasteiger partial charge in [0.05, 0.1) is 18.2 Å². The van der Waals surface area contributed by atoms with Crippen LogP contribution in [0.3, 0.4) is 0 Å². The van der Waals surface area contributed by atoms with Crippen LogP contribution in [0.2, 0.25) is 5.02 Å². The number of hydrogen-bond donors (Lipinski definition) is 2. The molecule has 1 aromatic carbocycles. The van der Waals surface area contributed by atoms with E-state index in [1.807, 2.05) is 39.8 Å². The number of carbonyl (C=O) groups excluding carboxylic acids is 1. The Morgan fingerprint density at radius 1 is 1.24 bits per heavy atom. The van der Waals surface area contributed by atoms with Crippen LogP contribution in [0, 0.1) is 0 Å². The number of amides is 1. The van der Waals surface area contributed by atoms with Crippen molar-refractivity contribution in [3.8, 4) is 11.5 Å². The van der Waals surface area contributed by atoms with E-state index >= 15 is 0 Å². The fourth-order valence-electron chi connectivity index (χ4n) is 2.35. The largest absolute Gasteiger partial charge is 0.490 e. The van der Waals surface area contributed by atoms with Gasteiger partial charge in [-0.25, -0.2) is 0 Å². The van der Waals surface area contributed by atoms with Gasteiger partial charge < -0.3 is 20.1 Å². The first-order valence-corrected chi connectivity index (χ1v) is 9.35. The molecule has 3 N–H and O–H groups in total. The van der Waals surface area contributed by atoms with Gasteiger partial charge in [0, 0.05) is 11.1 Å². The van der Waals surface area contributed by atoms with Crippen molar-refractivity contribution >= 4 is 17.5 Å². The summed E-state index contributed by atoms with van der Waals surface area (Å²) in [4.78, 5) is 12.0. The van der Waals surface area contributed by atoms with Crippen LogP contribution in [0.25, 0.3) is 0 Å². The van der Waals surface area contributed by atoms with Gasteiger partial charge in [0.15, 0.2) is 18.1 Å². The summed E-state index contributed by atoms with van der Waals surface area (Å²) in [6.07, 6.45) is 2.38. The summed E-state index contributed by atoms with van der Waals surface area (Å²) >= 11 is 6.38. The third-order valence-corrected chi connectivity index (χ3v) is 3.65. The zero-order chi connectivity index (χ0) is 18.9. The van der Waals surface area contributed by atoms with E-state index in [0.717, 1.165) is 18.7 Å². The summed E-state index contributed by atoms with van der Waals surface area (Å²) in [5.41, 5.74) is 0.779. The Labute approximate surface area is 156 Å². The molecule has 1 aromatic rings. The highest BCUT2D eigenvalue weighted by molar-refractivity contribution is 6.32. The van der Waals surface area contributed by atoms with Gasteiger partial charge in [-0.15, -0.1) is 0 Å². The van der Waals surface area contributed by atoms with Crippen molar-refractivity contribution in [3.05, 3.63) is 22.7 Å². The van der Waals surface area contributed by atoms with E-state index in [-0.39, 0.29) is 18.1 Å². The molecule has 0 saturated heterocycles. The topological polar surface area (TPSA) is 64.2 Å². The lowest BCUT2D eigenvalue weighted by Gasteiger charge is -2.21. The maximum Gasteiger partial charge on any atom is 0.258 e. The number of nitrogens with one attached hydrogen (secondary N) is 1. The Bertz CT molecular complexity index is 556. The highest BCUT2D eigenvalue weighted by atomic mass is 35.5. The average molecular weight is 372 g/mol. The second-order valence-corrected chi connectivity index (χ2v) is 7.47. The van der Waals surface area contributed by atoms with Gasteiger partial charge in [0.2, 0.25) is 0 Å². The van der Waals surface area contributed by atoms with E-state index in [4.69, 9.17) is 21.1 Å². The summed E-state index contributed by atoms with van der Waals surface area (Å²) in [5.74, 6) is 0.810. The van der Waals surface area contributed by atoms with Crippen LogP contribution in [0.15, 0.2) is 12.1 Å². The third-order valence-electron chi connectivity index (χ3n) is 3.37. The number of quaternary nitrogens is 1. The Balaban J connectivity index is 2.78. The van der Waals surface area contributed by atoms with E-state index in [9.17, 15) is 4.79 Å². The number of hydrogen-bond acceptors (Lipinski definition) is 3. The summed E-state index contributed by atoms with van der Waals surface area (Å²) in [6, 6.07) is 3.82. The molecule has 0 aromatic heterocycles. The molecule has 0 aliphatic heterocycles. The number of unbranched alkanes of at least 4 members (excludes halogenated alkanes) is 1. The van der Waals surface area contributed by atoms with E-state index < -0.39 is 0 Å². The van der Waals surface area contributed by atoms with Gasteiger partial charge in [0.25, 0.3) is 5.91 Å². The lowest BCUT2D eigenvalue weighted by Crippen LogP contribution is -2.82. The summed E-state index contributed by atoms with van der Waals surface area (Å²) in [6.45, 7) is 12.2. The SMILES string of the molecule is CCCC[NH2+]Cc1cc(Cl)c(OCC(=O)NC(C)(C)C)c(OCC)c1. The molecular weight excluding hydrogens is 340 g/mol. The monoisotopic (exact) mass is 371 g/mol. The van der Waals surface area contributed by atoms with Crippen molar-refractivity contribution in [2.45, 2.75) is 59.5 Å². The molecule has 0 radical (unpaired) electrons. The fourth-order valence-corrected chi connectivity index (χ4v) is 2.64. The number of carbonyl (C=O) groups is 1. The van der Waals surface area contributed by atoms with Crippen molar-refractivity contribution in [1.29, 1.82) is 0 Å². The first kappa shape index (κ1) is 21.6. The first-order valence-electron chi connectivity index (χ1n) is 8.97. The van der Waals surface area contributed by atoms with Crippen molar-refractivity contribution < 1.29 is 19.6 Å². The van der Waals surface area contributed by atoms with Gasteiger partial charge >= 0.3 is 0 Å². The molecule has 0 fully saturated rings. The number of halogens is 1. The second-order valence-electron chi connectivity index (χ2n) is 7.06. The zero-order valence-corrected chi connectivity index (χ0v) is 16.8. The van der Waals surface area contributed by atoms with Crippen molar-refractivity contribution in [1.82, 2.24) is 5.32 Å². The molecule has 142 valence electrons. The van der Waals surface area contributed by atoms with Gasteiger partial charge in [0.1, 0.15) is 6.54 Å². The normalized spacial score (nSPS) is 11.3. The quantitative estimate of drug-likeness (QED) is 0.621. The van der Waals surface area contributed by atoms with Gasteiger partial charge in [-0.05, 0) is 46.2 Å². The van der Waals surface area contributed by atoms with E-state index in [1.165, 1.54) is 12.8 Å². The predicted octanol–water partition coefficient (Wildman–Crippen LogP) is 2.90. The van der Waals surface area contributed by atoms with Gasteiger partial charge in [-0.3, -0.25) is 4.79 Å². The summed E-state index contributed by atoms with van der Waals surface area (Å²) in [5, 5.41) is 5.58.